The first-order valence-electron chi connectivity index (χ1n) is 7.68. The van der Waals surface area contributed by atoms with Crippen LogP contribution in [0.2, 0.25) is 0 Å². The van der Waals surface area contributed by atoms with Gasteiger partial charge in [0.25, 0.3) is 0 Å². The number of methoxy groups -OCH3 is 2. The molecule has 126 valence electrons. The van der Waals surface area contributed by atoms with Gasteiger partial charge in [0.15, 0.2) is 5.78 Å². The molecule has 2 rings (SSSR count). The highest BCUT2D eigenvalue weighted by Gasteiger charge is 2.58. The van der Waals surface area contributed by atoms with Gasteiger partial charge in [0, 0.05) is 11.5 Å². The van der Waals surface area contributed by atoms with E-state index in [9.17, 15) is 14.7 Å². The fourth-order valence-electron chi connectivity index (χ4n) is 3.62. The highest BCUT2D eigenvalue weighted by atomic mass is 16.5. The number of hydrogen-bond acceptors (Lipinski definition) is 4. The number of benzene rings is 1. The van der Waals surface area contributed by atoms with Crippen molar-refractivity contribution in [2.45, 2.75) is 33.6 Å². The van der Waals surface area contributed by atoms with Crippen LogP contribution in [0.5, 0.6) is 11.5 Å². The Morgan fingerprint density at radius 3 is 2.30 bits per heavy atom. The predicted octanol–water partition coefficient (Wildman–Crippen LogP) is 3.41. The molecule has 2 atom stereocenters. The molecule has 0 radical (unpaired) electrons. The number of aliphatic carboxylic acids is 1. The Bertz CT molecular complexity index is 634. The van der Waals surface area contributed by atoms with Crippen molar-refractivity contribution in [1.29, 1.82) is 0 Å². The summed E-state index contributed by atoms with van der Waals surface area (Å²) in [5.74, 6) is -0.387. The first-order chi connectivity index (χ1) is 10.7. The van der Waals surface area contributed by atoms with E-state index >= 15 is 0 Å². The van der Waals surface area contributed by atoms with Gasteiger partial charge in [-0.1, -0.05) is 20.8 Å². The van der Waals surface area contributed by atoms with Crippen molar-refractivity contribution in [3.05, 3.63) is 23.8 Å². The molecule has 0 aromatic heterocycles. The van der Waals surface area contributed by atoms with Crippen LogP contribution < -0.4 is 9.47 Å². The summed E-state index contributed by atoms with van der Waals surface area (Å²) in [7, 11) is 3.06. The Labute approximate surface area is 136 Å². The summed E-state index contributed by atoms with van der Waals surface area (Å²) >= 11 is 0. The highest BCUT2D eigenvalue weighted by molar-refractivity contribution is 6.04. The van der Waals surface area contributed by atoms with Crippen molar-refractivity contribution in [3.8, 4) is 11.5 Å². The second-order valence-corrected chi connectivity index (χ2v) is 6.88. The molecule has 1 N–H and O–H groups in total. The minimum atomic E-state index is -0.840. The predicted molar refractivity (Wildman–Crippen MR) is 86.1 cm³/mol. The third kappa shape index (κ3) is 2.58. The molecule has 1 aliphatic rings. The molecule has 5 nitrogen and oxygen atoms in total. The molecule has 1 aromatic rings. The monoisotopic (exact) mass is 320 g/mol. The molecule has 0 bridgehead atoms. The molecule has 0 amide bonds. The minimum absolute atomic E-state index is 0.0780. The molecular weight excluding hydrogens is 296 g/mol. The molecule has 2 unspecified atom stereocenters. The summed E-state index contributed by atoms with van der Waals surface area (Å²) in [4.78, 5) is 24.7. The van der Waals surface area contributed by atoms with Gasteiger partial charge in [-0.15, -0.1) is 0 Å². The van der Waals surface area contributed by atoms with Crippen LogP contribution in [-0.4, -0.2) is 31.1 Å². The fourth-order valence-corrected chi connectivity index (χ4v) is 3.62. The van der Waals surface area contributed by atoms with Crippen molar-refractivity contribution in [1.82, 2.24) is 0 Å². The third-order valence-corrected chi connectivity index (χ3v) is 5.68. The van der Waals surface area contributed by atoms with Crippen molar-refractivity contribution in [2.75, 3.05) is 14.2 Å². The summed E-state index contributed by atoms with van der Waals surface area (Å²) in [6.07, 6.45) is 1.05. The topological polar surface area (TPSA) is 72.8 Å². The number of ketones is 1. The SMILES string of the molecule is COc1ccc(C(=O)C2(C)CCC(C(=O)O)C2(C)C)c(OC)c1. The van der Waals surface area contributed by atoms with Crippen LogP contribution in [0, 0.1) is 16.7 Å². The maximum absolute atomic E-state index is 13.2. The number of carboxylic acids is 1. The lowest BCUT2D eigenvalue weighted by molar-refractivity contribution is -0.145. The normalized spacial score (nSPS) is 25.9. The Kier molecular flexibility index (Phi) is 4.42. The van der Waals surface area contributed by atoms with Gasteiger partial charge in [-0.25, -0.2) is 0 Å². The maximum Gasteiger partial charge on any atom is 0.307 e. The van der Waals surface area contributed by atoms with Crippen molar-refractivity contribution in [2.24, 2.45) is 16.7 Å². The number of ether oxygens (including phenoxy) is 2. The number of rotatable bonds is 5. The van der Waals surface area contributed by atoms with Crippen LogP contribution in [0.3, 0.4) is 0 Å². The van der Waals surface area contributed by atoms with Gasteiger partial charge < -0.3 is 14.6 Å². The van der Waals surface area contributed by atoms with Crippen molar-refractivity contribution >= 4 is 11.8 Å². The molecule has 5 heteroatoms. The summed E-state index contributed by atoms with van der Waals surface area (Å²) in [6, 6.07) is 5.08. The molecule has 1 aromatic carbocycles. The lowest BCUT2D eigenvalue weighted by atomic mass is 9.62. The van der Waals surface area contributed by atoms with E-state index in [4.69, 9.17) is 9.47 Å². The first-order valence-corrected chi connectivity index (χ1v) is 7.68. The zero-order valence-corrected chi connectivity index (χ0v) is 14.3. The van der Waals surface area contributed by atoms with Crippen LogP contribution in [0.4, 0.5) is 0 Å². The van der Waals surface area contributed by atoms with Crippen LogP contribution in [0.15, 0.2) is 18.2 Å². The largest absolute Gasteiger partial charge is 0.497 e. The Balaban J connectivity index is 2.46. The zero-order valence-electron chi connectivity index (χ0n) is 14.3. The molecular formula is C18H24O5. The fraction of sp³-hybridized carbons (Fsp3) is 0.556. The molecule has 1 saturated carbocycles. The van der Waals surface area contributed by atoms with Crippen molar-refractivity contribution < 1.29 is 24.2 Å². The van der Waals surface area contributed by atoms with E-state index in [1.165, 1.54) is 7.11 Å². The van der Waals surface area contributed by atoms with Gasteiger partial charge in [0.1, 0.15) is 11.5 Å². The summed E-state index contributed by atoms with van der Waals surface area (Å²) in [5.41, 5.74) is -0.923. The number of hydrogen-bond donors (Lipinski definition) is 1. The number of carbonyl (C=O) groups excluding carboxylic acids is 1. The number of carboxylic acid groups (broad SMARTS) is 1. The smallest absolute Gasteiger partial charge is 0.307 e. The lowest BCUT2D eigenvalue weighted by Crippen LogP contribution is -2.42. The Morgan fingerprint density at radius 2 is 1.83 bits per heavy atom. The van der Waals surface area contributed by atoms with Crippen LogP contribution >= 0.6 is 0 Å². The maximum atomic E-state index is 13.2. The van der Waals surface area contributed by atoms with Gasteiger partial charge in [-0.2, -0.15) is 0 Å². The van der Waals surface area contributed by atoms with Crippen LogP contribution in [0.1, 0.15) is 44.0 Å². The third-order valence-electron chi connectivity index (χ3n) is 5.68. The van der Waals surface area contributed by atoms with E-state index in [1.54, 1.807) is 25.3 Å². The van der Waals surface area contributed by atoms with Gasteiger partial charge in [0.05, 0.1) is 25.7 Å². The van der Waals surface area contributed by atoms with Gasteiger partial charge in [0.2, 0.25) is 0 Å². The number of carbonyl (C=O) groups is 2. The molecule has 0 spiro atoms. The minimum Gasteiger partial charge on any atom is -0.497 e. The molecule has 1 fully saturated rings. The average molecular weight is 320 g/mol. The van der Waals surface area contributed by atoms with E-state index in [0.29, 0.717) is 29.9 Å². The quantitative estimate of drug-likeness (QED) is 0.842. The molecule has 23 heavy (non-hydrogen) atoms. The van der Waals surface area contributed by atoms with E-state index in [-0.39, 0.29) is 5.78 Å². The van der Waals surface area contributed by atoms with E-state index < -0.39 is 22.7 Å². The second-order valence-electron chi connectivity index (χ2n) is 6.88. The van der Waals surface area contributed by atoms with Gasteiger partial charge >= 0.3 is 5.97 Å². The second kappa shape index (κ2) is 5.87. The zero-order chi connectivity index (χ0) is 17.4. The lowest BCUT2D eigenvalue weighted by Gasteiger charge is -2.39. The van der Waals surface area contributed by atoms with E-state index in [2.05, 4.69) is 0 Å². The van der Waals surface area contributed by atoms with E-state index in [1.807, 2.05) is 20.8 Å². The Hall–Kier alpha value is -2.04. The summed E-state index contributed by atoms with van der Waals surface area (Å²) < 4.78 is 10.5. The molecule has 1 aliphatic carbocycles. The van der Waals surface area contributed by atoms with Gasteiger partial charge in [-0.05, 0) is 30.4 Å². The van der Waals surface area contributed by atoms with Crippen molar-refractivity contribution in [3.63, 3.8) is 0 Å². The van der Waals surface area contributed by atoms with Crippen LogP contribution in [-0.2, 0) is 4.79 Å². The van der Waals surface area contributed by atoms with Crippen LogP contribution in [0.25, 0.3) is 0 Å². The molecule has 0 saturated heterocycles. The standard InChI is InChI=1S/C18H24O5/c1-17(2)13(16(20)21)8-9-18(17,3)15(19)12-7-6-11(22-4)10-14(12)23-5/h6-7,10,13H,8-9H2,1-5H3,(H,20,21). The van der Waals surface area contributed by atoms with Gasteiger partial charge in [-0.3, -0.25) is 9.59 Å². The highest BCUT2D eigenvalue weighted by Crippen LogP contribution is 2.57. The number of Topliss-reactive ketones (excluding diaryl/α,β-unsaturated/α-hetero) is 1. The Morgan fingerprint density at radius 1 is 1.17 bits per heavy atom. The first kappa shape index (κ1) is 17.3. The molecule has 0 aliphatic heterocycles. The van der Waals surface area contributed by atoms with E-state index in [0.717, 1.165) is 0 Å². The summed E-state index contributed by atoms with van der Waals surface area (Å²) in [5, 5.41) is 9.45. The average Bonchev–Trinajstić information content (AvgIpc) is 2.77. The molecule has 0 heterocycles. The summed E-state index contributed by atoms with van der Waals surface area (Å²) in [6.45, 7) is 5.60.